The molecule has 2 rings (SSSR count). The molecule has 1 atom stereocenters. The number of hydrogen-bond donors (Lipinski definition) is 2. The lowest BCUT2D eigenvalue weighted by Gasteiger charge is -2.26. The number of aromatic amines is 1. The minimum absolute atomic E-state index is 0.217. The molecule has 0 radical (unpaired) electrons. The second-order valence-corrected chi connectivity index (χ2v) is 5.96. The Labute approximate surface area is 128 Å². The molecule has 0 saturated carbocycles. The van der Waals surface area contributed by atoms with Gasteiger partial charge < -0.3 is 10.1 Å². The molecule has 1 unspecified atom stereocenters. The van der Waals surface area contributed by atoms with Crippen molar-refractivity contribution in [3.63, 3.8) is 0 Å². The fourth-order valence-corrected chi connectivity index (χ4v) is 2.44. The zero-order valence-corrected chi connectivity index (χ0v) is 13.6. The van der Waals surface area contributed by atoms with E-state index in [1.54, 1.807) is 14.0 Å². The molecule has 0 aliphatic rings. The zero-order valence-electron chi connectivity index (χ0n) is 13.6. The van der Waals surface area contributed by atoms with Crippen LogP contribution in [0.15, 0.2) is 9.59 Å². The Morgan fingerprint density at radius 2 is 1.86 bits per heavy atom. The normalized spacial score (nSPS) is 13.5. The maximum atomic E-state index is 12.1. The van der Waals surface area contributed by atoms with Gasteiger partial charge in [0, 0.05) is 26.7 Å². The van der Waals surface area contributed by atoms with Crippen molar-refractivity contribution in [1.29, 1.82) is 0 Å². The molecule has 0 fully saturated rings. The van der Waals surface area contributed by atoms with Gasteiger partial charge in [-0.3, -0.25) is 18.8 Å². The number of rotatable bonds is 5. The topological polar surface area (TPSA) is 96.2 Å². The standard InChI is InChI=1S/C14H23N5O3/c1-8(2)19(6-9(3)20)7-10-15-11-12(16-10)17(4)14(22)18(5)13(11)21/h8-9,20H,6-7H2,1-5H3,(H,15,16). The first kappa shape index (κ1) is 16.4. The van der Waals surface area contributed by atoms with E-state index in [-0.39, 0.29) is 11.6 Å². The maximum absolute atomic E-state index is 12.1. The van der Waals surface area contributed by atoms with Crippen molar-refractivity contribution in [3.8, 4) is 0 Å². The molecule has 0 aliphatic heterocycles. The highest BCUT2D eigenvalue weighted by Gasteiger charge is 2.17. The third-order valence-corrected chi connectivity index (χ3v) is 3.73. The first-order chi connectivity index (χ1) is 10.2. The van der Waals surface area contributed by atoms with Crippen LogP contribution in [0.3, 0.4) is 0 Å². The number of aliphatic hydroxyl groups excluding tert-OH is 1. The maximum Gasteiger partial charge on any atom is 0.332 e. The highest BCUT2D eigenvalue weighted by molar-refractivity contribution is 5.69. The van der Waals surface area contributed by atoms with Gasteiger partial charge >= 0.3 is 5.69 Å². The third kappa shape index (κ3) is 2.97. The molecule has 8 heteroatoms. The summed E-state index contributed by atoms with van der Waals surface area (Å²) >= 11 is 0. The Kier molecular flexibility index (Phi) is 4.52. The molecule has 2 heterocycles. The number of aliphatic hydroxyl groups is 1. The predicted molar refractivity (Wildman–Crippen MR) is 83.8 cm³/mol. The van der Waals surface area contributed by atoms with Gasteiger partial charge in [-0.05, 0) is 20.8 Å². The van der Waals surface area contributed by atoms with Crippen LogP contribution in [0.4, 0.5) is 0 Å². The number of imidazole rings is 1. The molecular weight excluding hydrogens is 286 g/mol. The molecule has 2 N–H and O–H groups in total. The number of nitrogens with one attached hydrogen (secondary N) is 1. The van der Waals surface area contributed by atoms with Crippen molar-refractivity contribution < 1.29 is 5.11 Å². The minimum Gasteiger partial charge on any atom is -0.392 e. The lowest BCUT2D eigenvalue weighted by molar-refractivity contribution is 0.101. The van der Waals surface area contributed by atoms with Crippen molar-refractivity contribution in [2.75, 3.05) is 6.54 Å². The number of H-pyrrole nitrogens is 1. The molecule has 0 spiro atoms. The SMILES string of the molecule is CC(O)CN(Cc1nc2c([nH]1)c(=O)n(C)c(=O)n2C)C(C)C. The molecular formula is C14H23N5O3. The summed E-state index contributed by atoms with van der Waals surface area (Å²) in [6.07, 6.45) is -0.455. The van der Waals surface area contributed by atoms with Gasteiger partial charge in [0.25, 0.3) is 5.56 Å². The number of fused-ring (bicyclic) bond motifs is 1. The van der Waals surface area contributed by atoms with Crippen molar-refractivity contribution in [2.45, 2.75) is 39.5 Å². The van der Waals surface area contributed by atoms with Crippen LogP contribution < -0.4 is 11.2 Å². The number of aryl methyl sites for hydroxylation is 1. The van der Waals surface area contributed by atoms with Crippen LogP contribution >= 0.6 is 0 Å². The van der Waals surface area contributed by atoms with Crippen LogP contribution in [0.25, 0.3) is 11.2 Å². The summed E-state index contributed by atoms with van der Waals surface area (Å²) in [6, 6.07) is 0.217. The fourth-order valence-electron chi connectivity index (χ4n) is 2.44. The largest absolute Gasteiger partial charge is 0.392 e. The van der Waals surface area contributed by atoms with E-state index in [1.165, 1.54) is 11.6 Å². The summed E-state index contributed by atoms with van der Waals surface area (Å²) in [5.41, 5.74) is -0.118. The number of nitrogens with zero attached hydrogens (tertiary/aromatic N) is 4. The molecule has 2 aromatic rings. The lowest BCUT2D eigenvalue weighted by Crippen LogP contribution is -2.36. The molecule has 2 aromatic heterocycles. The minimum atomic E-state index is -0.455. The Morgan fingerprint density at radius 1 is 1.23 bits per heavy atom. The summed E-state index contributed by atoms with van der Waals surface area (Å²) in [5, 5.41) is 9.58. The molecule has 0 aromatic carbocycles. The van der Waals surface area contributed by atoms with Crippen LogP contribution in [0.2, 0.25) is 0 Å². The Hall–Kier alpha value is -1.93. The van der Waals surface area contributed by atoms with E-state index in [0.717, 1.165) is 4.57 Å². The van der Waals surface area contributed by atoms with E-state index < -0.39 is 11.8 Å². The zero-order chi connectivity index (χ0) is 16.6. The smallest absolute Gasteiger partial charge is 0.332 e. The Morgan fingerprint density at radius 3 is 2.41 bits per heavy atom. The van der Waals surface area contributed by atoms with Gasteiger partial charge in [-0.15, -0.1) is 0 Å². The molecule has 8 nitrogen and oxygen atoms in total. The van der Waals surface area contributed by atoms with Gasteiger partial charge in [0.2, 0.25) is 0 Å². The lowest BCUT2D eigenvalue weighted by atomic mass is 10.2. The van der Waals surface area contributed by atoms with E-state index in [2.05, 4.69) is 9.97 Å². The average molecular weight is 309 g/mol. The second-order valence-electron chi connectivity index (χ2n) is 5.96. The van der Waals surface area contributed by atoms with Gasteiger partial charge in [0.05, 0.1) is 12.6 Å². The molecule has 0 saturated heterocycles. The monoisotopic (exact) mass is 309 g/mol. The second kappa shape index (κ2) is 6.05. The van der Waals surface area contributed by atoms with Crippen LogP contribution in [0.5, 0.6) is 0 Å². The number of hydrogen-bond acceptors (Lipinski definition) is 5. The van der Waals surface area contributed by atoms with Gasteiger partial charge in [-0.2, -0.15) is 0 Å². The summed E-state index contributed by atoms with van der Waals surface area (Å²) in [7, 11) is 3.03. The van der Waals surface area contributed by atoms with Crippen LogP contribution in [0.1, 0.15) is 26.6 Å². The van der Waals surface area contributed by atoms with Crippen molar-refractivity contribution in [3.05, 3.63) is 26.7 Å². The van der Waals surface area contributed by atoms with Gasteiger partial charge in [-0.25, -0.2) is 9.78 Å². The molecule has 0 aliphatic carbocycles. The molecule has 122 valence electrons. The van der Waals surface area contributed by atoms with Gasteiger partial charge in [0.15, 0.2) is 5.65 Å². The fraction of sp³-hybridized carbons (Fsp3) is 0.643. The number of aromatic nitrogens is 4. The summed E-state index contributed by atoms with van der Waals surface area (Å²) in [4.78, 5) is 33.5. The third-order valence-electron chi connectivity index (χ3n) is 3.73. The first-order valence-corrected chi connectivity index (χ1v) is 7.29. The molecule has 0 amide bonds. The van der Waals surface area contributed by atoms with E-state index in [1.807, 2.05) is 18.7 Å². The average Bonchev–Trinajstić information content (AvgIpc) is 2.85. The molecule has 22 heavy (non-hydrogen) atoms. The van der Waals surface area contributed by atoms with Gasteiger partial charge in [-0.1, -0.05) is 0 Å². The van der Waals surface area contributed by atoms with Crippen LogP contribution in [-0.2, 0) is 20.6 Å². The summed E-state index contributed by atoms with van der Waals surface area (Å²) in [5.74, 6) is 0.600. The van der Waals surface area contributed by atoms with Crippen LogP contribution in [0, 0.1) is 0 Å². The van der Waals surface area contributed by atoms with Crippen molar-refractivity contribution in [1.82, 2.24) is 24.0 Å². The Balaban J connectivity index is 2.46. The predicted octanol–water partition coefficient (Wildman–Crippen LogP) is -0.448. The quantitative estimate of drug-likeness (QED) is 0.780. The van der Waals surface area contributed by atoms with E-state index in [0.29, 0.717) is 30.1 Å². The summed E-state index contributed by atoms with van der Waals surface area (Å²) < 4.78 is 2.41. The van der Waals surface area contributed by atoms with Gasteiger partial charge in [0.1, 0.15) is 11.3 Å². The highest BCUT2D eigenvalue weighted by Crippen LogP contribution is 2.10. The van der Waals surface area contributed by atoms with E-state index >= 15 is 0 Å². The van der Waals surface area contributed by atoms with Crippen molar-refractivity contribution in [2.24, 2.45) is 14.1 Å². The molecule has 0 bridgehead atoms. The van der Waals surface area contributed by atoms with E-state index in [4.69, 9.17) is 0 Å². The van der Waals surface area contributed by atoms with E-state index in [9.17, 15) is 14.7 Å². The Bertz CT molecular complexity index is 784. The van der Waals surface area contributed by atoms with Crippen molar-refractivity contribution >= 4 is 11.2 Å². The summed E-state index contributed by atoms with van der Waals surface area (Å²) in [6.45, 7) is 6.76. The highest BCUT2D eigenvalue weighted by atomic mass is 16.3. The van der Waals surface area contributed by atoms with Crippen LogP contribution in [-0.4, -0.2) is 47.8 Å². The first-order valence-electron chi connectivity index (χ1n) is 7.29.